The number of nitrogens with zero attached hydrogens (tertiary/aromatic N) is 1. The molecule has 0 spiro atoms. The molecule has 0 aliphatic carbocycles. The van der Waals surface area contributed by atoms with Crippen LogP contribution in [0.1, 0.15) is 12.8 Å². The average Bonchev–Trinajstić information content (AvgIpc) is 2.44. The van der Waals surface area contributed by atoms with Crippen molar-refractivity contribution in [3.05, 3.63) is 30.1 Å². The zero-order chi connectivity index (χ0) is 14.6. The van der Waals surface area contributed by atoms with Gasteiger partial charge in [0.25, 0.3) is 0 Å². The predicted octanol–water partition coefficient (Wildman–Crippen LogP) is 1.37. The Balaban J connectivity index is 1.98. The first-order valence-electron chi connectivity index (χ1n) is 6.77. The van der Waals surface area contributed by atoms with E-state index < -0.39 is 17.4 Å². The van der Waals surface area contributed by atoms with Crippen molar-refractivity contribution in [3.63, 3.8) is 0 Å². The smallest absolute Gasteiger partial charge is 0.319 e. The van der Waals surface area contributed by atoms with Crippen LogP contribution in [0.4, 0.5) is 14.9 Å². The van der Waals surface area contributed by atoms with Gasteiger partial charge in [-0.3, -0.25) is 0 Å². The van der Waals surface area contributed by atoms with Crippen LogP contribution >= 0.6 is 0 Å². The fraction of sp³-hybridized carbons (Fsp3) is 0.500. The van der Waals surface area contributed by atoms with Crippen molar-refractivity contribution < 1.29 is 9.18 Å². The highest BCUT2D eigenvalue weighted by atomic mass is 19.1. The number of amides is 2. The monoisotopic (exact) mass is 280 g/mol. The van der Waals surface area contributed by atoms with E-state index in [0.717, 1.165) is 25.9 Å². The number of benzene rings is 1. The molecule has 1 aromatic rings. The van der Waals surface area contributed by atoms with Crippen molar-refractivity contribution in [3.8, 4) is 0 Å². The lowest BCUT2D eigenvalue weighted by Gasteiger charge is -2.40. The van der Waals surface area contributed by atoms with E-state index >= 15 is 0 Å². The van der Waals surface area contributed by atoms with Crippen LogP contribution in [0.15, 0.2) is 24.3 Å². The van der Waals surface area contributed by atoms with Crippen molar-refractivity contribution in [1.29, 1.82) is 0 Å². The van der Waals surface area contributed by atoms with Crippen molar-refractivity contribution >= 4 is 11.7 Å². The number of hydrogen-bond acceptors (Lipinski definition) is 3. The van der Waals surface area contributed by atoms with Crippen molar-refractivity contribution in [2.45, 2.75) is 18.4 Å². The Morgan fingerprint density at radius 2 is 2.05 bits per heavy atom. The largest absolute Gasteiger partial charge is 0.331 e. The highest BCUT2D eigenvalue weighted by Gasteiger charge is 2.33. The molecule has 2 rings (SSSR count). The van der Waals surface area contributed by atoms with Gasteiger partial charge in [-0.15, -0.1) is 0 Å². The molecule has 0 aromatic heterocycles. The summed E-state index contributed by atoms with van der Waals surface area (Å²) in [4.78, 5) is 14.2. The summed E-state index contributed by atoms with van der Waals surface area (Å²) in [6.07, 6.45) is 1.59. The molecule has 1 aromatic carbocycles. The number of rotatable bonds is 3. The van der Waals surface area contributed by atoms with Crippen LogP contribution in [0.5, 0.6) is 0 Å². The zero-order valence-electron chi connectivity index (χ0n) is 11.7. The molecule has 110 valence electrons. The van der Waals surface area contributed by atoms with Crippen LogP contribution in [-0.2, 0) is 0 Å². The highest BCUT2D eigenvalue weighted by molar-refractivity contribution is 5.89. The van der Waals surface area contributed by atoms with Gasteiger partial charge in [-0.05, 0) is 32.0 Å². The number of urea groups is 1. The van der Waals surface area contributed by atoms with Crippen LogP contribution < -0.4 is 16.4 Å². The fourth-order valence-electron chi connectivity index (χ4n) is 2.38. The molecule has 1 aliphatic rings. The zero-order valence-corrected chi connectivity index (χ0v) is 11.7. The number of hydrogen-bond donors (Lipinski definition) is 3. The number of para-hydroxylation sites is 1. The summed E-state index contributed by atoms with van der Waals surface area (Å²) in [5.41, 5.74) is 5.59. The van der Waals surface area contributed by atoms with Crippen molar-refractivity contribution in [2.75, 3.05) is 32.0 Å². The standard InChI is InChI=1S/C14H21FN4O/c1-19-8-6-14(10-16,7-9-19)18-13(20)17-12-5-3-2-4-11(12)15/h2-5H,6-10,16H2,1H3,(H2,17,18,20). The number of anilines is 1. The predicted molar refractivity (Wildman–Crippen MR) is 77.1 cm³/mol. The van der Waals surface area contributed by atoms with Gasteiger partial charge >= 0.3 is 6.03 Å². The van der Waals surface area contributed by atoms with E-state index in [1.165, 1.54) is 12.1 Å². The van der Waals surface area contributed by atoms with Gasteiger partial charge in [0.15, 0.2) is 0 Å². The van der Waals surface area contributed by atoms with Gasteiger partial charge in [0.2, 0.25) is 0 Å². The van der Waals surface area contributed by atoms with Gasteiger partial charge in [-0.25, -0.2) is 9.18 Å². The molecule has 20 heavy (non-hydrogen) atoms. The maximum Gasteiger partial charge on any atom is 0.319 e. The Hall–Kier alpha value is -1.66. The van der Waals surface area contributed by atoms with Gasteiger partial charge in [-0.1, -0.05) is 12.1 Å². The Bertz CT molecular complexity index is 472. The molecule has 6 heteroatoms. The van der Waals surface area contributed by atoms with E-state index in [0.29, 0.717) is 6.54 Å². The molecule has 2 amide bonds. The minimum Gasteiger partial charge on any atom is -0.331 e. The molecule has 4 N–H and O–H groups in total. The number of nitrogens with one attached hydrogen (secondary N) is 2. The Labute approximate surface area is 118 Å². The van der Waals surface area contributed by atoms with Crippen LogP contribution in [0.3, 0.4) is 0 Å². The summed E-state index contributed by atoms with van der Waals surface area (Å²) in [6.45, 7) is 2.15. The number of carbonyl (C=O) groups is 1. The third-order valence-corrected chi connectivity index (χ3v) is 3.84. The van der Waals surface area contributed by atoms with E-state index in [4.69, 9.17) is 5.73 Å². The lowest BCUT2D eigenvalue weighted by molar-refractivity contribution is 0.165. The number of carbonyl (C=O) groups excluding carboxylic acids is 1. The van der Waals surface area contributed by atoms with Gasteiger partial charge in [0.05, 0.1) is 11.2 Å². The summed E-state index contributed by atoms with van der Waals surface area (Å²) in [5.74, 6) is -0.451. The molecule has 1 saturated heterocycles. The van der Waals surface area contributed by atoms with Crippen LogP contribution in [-0.4, -0.2) is 43.2 Å². The lowest BCUT2D eigenvalue weighted by atomic mass is 9.88. The Kier molecular flexibility index (Phi) is 4.57. The van der Waals surface area contributed by atoms with Crippen LogP contribution in [0.25, 0.3) is 0 Å². The van der Waals surface area contributed by atoms with E-state index in [9.17, 15) is 9.18 Å². The van der Waals surface area contributed by atoms with Gasteiger partial charge in [0.1, 0.15) is 5.82 Å². The molecule has 5 nitrogen and oxygen atoms in total. The van der Waals surface area contributed by atoms with E-state index in [1.807, 2.05) is 7.05 Å². The fourth-order valence-corrected chi connectivity index (χ4v) is 2.38. The second-order valence-corrected chi connectivity index (χ2v) is 5.35. The minimum atomic E-state index is -0.451. The average molecular weight is 280 g/mol. The number of piperidine rings is 1. The second kappa shape index (κ2) is 6.19. The summed E-state index contributed by atoms with van der Waals surface area (Å²) in [7, 11) is 2.04. The third-order valence-electron chi connectivity index (χ3n) is 3.84. The number of halogens is 1. The van der Waals surface area contributed by atoms with Crippen molar-refractivity contribution in [1.82, 2.24) is 10.2 Å². The van der Waals surface area contributed by atoms with Crippen LogP contribution in [0, 0.1) is 5.82 Å². The summed E-state index contributed by atoms with van der Waals surface area (Å²) in [6, 6.07) is 5.68. The maximum absolute atomic E-state index is 13.5. The minimum absolute atomic E-state index is 0.171. The Morgan fingerprint density at radius 1 is 1.40 bits per heavy atom. The molecule has 1 heterocycles. The Morgan fingerprint density at radius 3 is 2.65 bits per heavy atom. The first-order valence-corrected chi connectivity index (χ1v) is 6.77. The summed E-state index contributed by atoms with van der Waals surface area (Å²) in [5, 5.41) is 5.44. The third kappa shape index (κ3) is 3.46. The maximum atomic E-state index is 13.5. The molecule has 0 atom stereocenters. The SMILES string of the molecule is CN1CCC(CN)(NC(=O)Nc2ccccc2F)CC1. The molecule has 1 aliphatic heterocycles. The van der Waals surface area contributed by atoms with Gasteiger partial charge in [0, 0.05) is 19.6 Å². The topological polar surface area (TPSA) is 70.4 Å². The molecule has 0 saturated carbocycles. The first-order chi connectivity index (χ1) is 9.54. The molecule has 0 radical (unpaired) electrons. The number of nitrogens with two attached hydrogens (primary N) is 1. The van der Waals surface area contributed by atoms with Gasteiger partial charge in [-0.2, -0.15) is 0 Å². The highest BCUT2D eigenvalue weighted by Crippen LogP contribution is 2.21. The van der Waals surface area contributed by atoms with E-state index in [-0.39, 0.29) is 5.69 Å². The summed E-state index contributed by atoms with van der Waals surface area (Å²) >= 11 is 0. The molecule has 0 bridgehead atoms. The van der Waals surface area contributed by atoms with E-state index in [1.54, 1.807) is 12.1 Å². The first kappa shape index (κ1) is 14.7. The van der Waals surface area contributed by atoms with Crippen LogP contribution in [0.2, 0.25) is 0 Å². The number of likely N-dealkylation sites (tertiary alicyclic amines) is 1. The lowest BCUT2D eigenvalue weighted by Crippen LogP contribution is -2.59. The molecular weight excluding hydrogens is 259 g/mol. The van der Waals surface area contributed by atoms with E-state index in [2.05, 4.69) is 15.5 Å². The van der Waals surface area contributed by atoms with Crippen molar-refractivity contribution in [2.24, 2.45) is 5.73 Å². The quantitative estimate of drug-likeness (QED) is 0.783. The summed E-state index contributed by atoms with van der Waals surface area (Å²) < 4.78 is 13.5. The molecular formula is C14H21FN4O. The van der Waals surface area contributed by atoms with Gasteiger partial charge < -0.3 is 21.3 Å². The molecule has 1 fully saturated rings. The molecule has 0 unspecified atom stereocenters. The normalized spacial score (nSPS) is 18.6. The second-order valence-electron chi connectivity index (χ2n) is 5.35.